The summed E-state index contributed by atoms with van der Waals surface area (Å²) in [5.41, 5.74) is 1.91. The minimum Gasteiger partial charge on any atom is -0.341 e. The van der Waals surface area contributed by atoms with E-state index in [4.69, 9.17) is 4.98 Å². The predicted molar refractivity (Wildman–Crippen MR) is 110 cm³/mol. The van der Waals surface area contributed by atoms with Crippen LogP contribution in [-0.2, 0) is 9.59 Å². The van der Waals surface area contributed by atoms with Gasteiger partial charge in [0.2, 0.25) is 11.8 Å². The molecule has 28 heavy (non-hydrogen) atoms. The summed E-state index contributed by atoms with van der Waals surface area (Å²) in [7, 11) is 0. The minimum absolute atomic E-state index is 0.0197. The molecule has 2 fully saturated rings. The van der Waals surface area contributed by atoms with Crippen molar-refractivity contribution in [3.05, 3.63) is 29.3 Å². The highest BCUT2D eigenvalue weighted by atomic mass is 32.2. The van der Waals surface area contributed by atoms with Crippen molar-refractivity contribution in [1.29, 1.82) is 0 Å². The average molecular weight is 418 g/mol. The van der Waals surface area contributed by atoms with Gasteiger partial charge in [0.1, 0.15) is 12.4 Å². The number of amides is 2. The van der Waals surface area contributed by atoms with E-state index < -0.39 is 0 Å². The third kappa shape index (κ3) is 3.77. The van der Waals surface area contributed by atoms with Gasteiger partial charge >= 0.3 is 0 Å². The van der Waals surface area contributed by atoms with Crippen molar-refractivity contribution >= 4 is 34.9 Å². The van der Waals surface area contributed by atoms with Gasteiger partial charge in [-0.2, -0.15) is 0 Å². The Kier molecular flexibility index (Phi) is 5.63. The number of hydrogen-bond acceptors (Lipinski definition) is 7. The lowest BCUT2D eigenvalue weighted by atomic mass is 9.97. The van der Waals surface area contributed by atoms with Crippen molar-refractivity contribution in [3.63, 3.8) is 0 Å². The van der Waals surface area contributed by atoms with Crippen LogP contribution >= 0.6 is 23.1 Å². The van der Waals surface area contributed by atoms with Crippen molar-refractivity contribution in [2.24, 2.45) is 0 Å². The summed E-state index contributed by atoms with van der Waals surface area (Å²) in [5.74, 6) is 1.76. The molecule has 2 amide bonds. The number of nitrogens with zero attached hydrogens (tertiary/aromatic N) is 5. The van der Waals surface area contributed by atoms with E-state index in [0.29, 0.717) is 17.5 Å². The molecule has 1 atom stereocenters. The number of piperidine rings is 1. The van der Waals surface area contributed by atoms with E-state index in [2.05, 4.69) is 9.97 Å². The number of carbonyl (C=O) groups is 2. The first-order valence-corrected chi connectivity index (χ1v) is 11.4. The molecule has 0 aromatic carbocycles. The highest BCUT2D eigenvalue weighted by Crippen LogP contribution is 2.36. The summed E-state index contributed by atoms with van der Waals surface area (Å²) in [6.45, 7) is 5.00. The van der Waals surface area contributed by atoms with Gasteiger partial charge in [-0.05, 0) is 25.8 Å². The van der Waals surface area contributed by atoms with E-state index in [0.717, 1.165) is 47.2 Å². The minimum atomic E-state index is -0.300. The maximum absolute atomic E-state index is 12.9. The SMILES string of the molecule is CC(=O)N1CSC[C@@H]1C(=O)N1CCC(c2nc(C)c(-c3ccncn3)s2)CC1. The molecular weight excluding hydrogens is 394 g/mol. The van der Waals surface area contributed by atoms with E-state index in [1.807, 2.05) is 17.9 Å². The number of likely N-dealkylation sites (tertiary alicyclic amines) is 1. The fourth-order valence-corrected chi connectivity index (χ4v) is 6.19. The first kappa shape index (κ1) is 19.3. The number of carbonyl (C=O) groups excluding carboxylic acids is 2. The van der Waals surface area contributed by atoms with Gasteiger partial charge in [-0.25, -0.2) is 15.0 Å². The van der Waals surface area contributed by atoms with Gasteiger partial charge in [0.15, 0.2) is 0 Å². The van der Waals surface area contributed by atoms with Crippen molar-refractivity contribution in [2.75, 3.05) is 24.7 Å². The molecule has 2 saturated heterocycles. The Labute approximate surface area is 172 Å². The largest absolute Gasteiger partial charge is 0.341 e. The highest BCUT2D eigenvalue weighted by molar-refractivity contribution is 7.99. The molecule has 9 heteroatoms. The van der Waals surface area contributed by atoms with Gasteiger partial charge in [0.05, 0.1) is 27.1 Å². The molecule has 2 aromatic rings. The Balaban J connectivity index is 1.41. The second kappa shape index (κ2) is 8.16. The molecule has 2 aromatic heterocycles. The fourth-order valence-electron chi connectivity index (χ4n) is 3.77. The Morgan fingerprint density at radius 2 is 2.04 bits per heavy atom. The van der Waals surface area contributed by atoms with E-state index in [9.17, 15) is 9.59 Å². The third-order valence-electron chi connectivity index (χ3n) is 5.36. The van der Waals surface area contributed by atoms with Crippen LogP contribution in [0.4, 0.5) is 0 Å². The molecule has 0 spiro atoms. The molecule has 2 aliphatic heterocycles. The van der Waals surface area contributed by atoms with Crippen LogP contribution in [0, 0.1) is 6.92 Å². The van der Waals surface area contributed by atoms with Crippen LogP contribution in [0.1, 0.15) is 36.4 Å². The van der Waals surface area contributed by atoms with Crippen molar-refractivity contribution in [3.8, 4) is 10.6 Å². The molecule has 0 bridgehead atoms. The molecular formula is C19H23N5O2S2. The van der Waals surface area contributed by atoms with Crippen LogP contribution in [0.5, 0.6) is 0 Å². The number of thioether (sulfide) groups is 1. The molecule has 0 unspecified atom stereocenters. The van der Waals surface area contributed by atoms with Crippen molar-refractivity contribution < 1.29 is 9.59 Å². The molecule has 0 N–H and O–H groups in total. The number of aryl methyl sites for hydroxylation is 1. The first-order chi connectivity index (χ1) is 13.5. The molecule has 0 aliphatic carbocycles. The molecule has 4 rings (SSSR count). The van der Waals surface area contributed by atoms with E-state index >= 15 is 0 Å². The van der Waals surface area contributed by atoms with Crippen LogP contribution in [0.3, 0.4) is 0 Å². The fraction of sp³-hybridized carbons (Fsp3) is 0.526. The van der Waals surface area contributed by atoms with Crippen LogP contribution in [0.15, 0.2) is 18.6 Å². The monoisotopic (exact) mass is 417 g/mol. The standard InChI is InChI=1S/C19H23N5O2S2/c1-12-17(15-3-6-20-10-21-15)28-18(22-12)14-4-7-23(8-5-14)19(26)16-9-27-11-24(16)13(2)25/h3,6,10,14,16H,4-5,7-9,11H2,1-2H3/t16-/m1/s1. The van der Waals surface area contributed by atoms with Gasteiger partial charge < -0.3 is 9.80 Å². The zero-order valence-electron chi connectivity index (χ0n) is 16.0. The van der Waals surface area contributed by atoms with Gasteiger partial charge in [-0.15, -0.1) is 23.1 Å². The molecule has 0 saturated carbocycles. The Hall–Kier alpha value is -2.00. The molecule has 7 nitrogen and oxygen atoms in total. The summed E-state index contributed by atoms with van der Waals surface area (Å²) >= 11 is 3.35. The first-order valence-electron chi connectivity index (χ1n) is 9.42. The Morgan fingerprint density at radius 1 is 1.25 bits per heavy atom. The van der Waals surface area contributed by atoms with E-state index in [-0.39, 0.29) is 17.9 Å². The lowest BCUT2D eigenvalue weighted by Gasteiger charge is -2.34. The smallest absolute Gasteiger partial charge is 0.246 e. The van der Waals surface area contributed by atoms with Gasteiger partial charge in [0, 0.05) is 37.9 Å². The number of hydrogen-bond donors (Lipinski definition) is 0. The van der Waals surface area contributed by atoms with Crippen molar-refractivity contribution in [2.45, 2.75) is 38.6 Å². The average Bonchev–Trinajstić information content (AvgIpc) is 3.35. The molecule has 0 radical (unpaired) electrons. The Bertz CT molecular complexity index is 864. The third-order valence-corrected chi connectivity index (χ3v) is 7.71. The van der Waals surface area contributed by atoms with Crippen LogP contribution < -0.4 is 0 Å². The van der Waals surface area contributed by atoms with Crippen LogP contribution in [-0.4, -0.2) is 67.3 Å². The maximum atomic E-state index is 12.9. The van der Waals surface area contributed by atoms with Gasteiger partial charge in [0.25, 0.3) is 0 Å². The maximum Gasteiger partial charge on any atom is 0.246 e. The number of aromatic nitrogens is 3. The lowest BCUT2D eigenvalue weighted by molar-refractivity contribution is -0.143. The lowest BCUT2D eigenvalue weighted by Crippen LogP contribution is -2.50. The van der Waals surface area contributed by atoms with Gasteiger partial charge in [-0.1, -0.05) is 0 Å². The van der Waals surface area contributed by atoms with Gasteiger partial charge in [-0.3, -0.25) is 9.59 Å². The quantitative estimate of drug-likeness (QED) is 0.764. The van der Waals surface area contributed by atoms with Crippen LogP contribution in [0.2, 0.25) is 0 Å². The topological polar surface area (TPSA) is 79.3 Å². The second-order valence-corrected chi connectivity index (χ2v) is 9.20. The molecule has 2 aliphatic rings. The van der Waals surface area contributed by atoms with Crippen LogP contribution in [0.25, 0.3) is 10.6 Å². The summed E-state index contributed by atoms with van der Waals surface area (Å²) in [5, 5.41) is 1.12. The molecule has 148 valence electrons. The summed E-state index contributed by atoms with van der Waals surface area (Å²) < 4.78 is 0. The molecule has 4 heterocycles. The summed E-state index contributed by atoms with van der Waals surface area (Å²) in [6.07, 6.45) is 5.12. The Morgan fingerprint density at radius 3 is 2.71 bits per heavy atom. The normalized spacial score (nSPS) is 20.6. The number of thiazole rings is 1. The zero-order chi connectivity index (χ0) is 19.7. The summed E-state index contributed by atoms with van der Waals surface area (Å²) in [6, 6.07) is 1.61. The second-order valence-electron chi connectivity index (χ2n) is 7.17. The summed E-state index contributed by atoms with van der Waals surface area (Å²) in [4.78, 5) is 42.5. The van der Waals surface area contributed by atoms with E-state index in [1.165, 1.54) is 0 Å². The highest BCUT2D eigenvalue weighted by Gasteiger charge is 2.37. The van der Waals surface area contributed by atoms with E-state index in [1.54, 1.807) is 47.4 Å². The predicted octanol–water partition coefficient (Wildman–Crippen LogP) is 2.54. The number of rotatable bonds is 3. The zero-order valence-corrected chi connectivity index (χ0v) is 17.6. The van der Waals surface area contributed by atoms with Crippen molar-refractivity contribution in [1.82, 2.24) is 24.8 Å².